The lowest BCUT2D eigenvalue weighted by Crippen LogP contribution is -2.46. The van der Waals surface area contributed by atoms with Crippen LogP contribution >= 0.6 is 11.3 Å². The second-order valence-corrected chi connectivity index (χ2v) is 8.05. The normalized spacial score (nSPS) is 18.0. The maximum absolute atomic E-state index is 14.7. The number of alkyl halides is 2. The molecule has 1 aliphatic rings. The molecule has 4 rings (SSSR count). The Bertz CT molecular complexity index is 979. The van der Waals surface area contributed by atoms with E-state index in [2.05, 4.69) is 10.1 Å². The molecule has 2 aromatic heterocycles. The number of thiophene rings is 1. The van der Waals surface area contributed by atoms with Gasteiger partial charge in [-0.3, -0.25) is 4.79 Å². The molecule has 1 saturated heterocycles. The number of likely N-dealkylation sites (tertiary alicyclic amines) is 1. The molecule has 0 aliphatic carbocycles. The van der Waals surface area contributed by atoms with Crippen LogP contribution in [0, 0.1) is 0 Å². The van der Waals surface area contributed by atoms with E-state index in [9.17, 15) is 18.7 Å². The van der Waals surface area contributed by atoms with Crippen LogP contribution in [-0.2, 0) is 17.6 Å². The van der Waals surface area contributed by atoms with Gasteiger partial charge >= 0.3 is 5.92 Å². The molecule has 1 aliphatic heterocycles. The van der Waals surface area contributed by atoms with Crippen LogP contribution in [0.25, 0.3) is 0 Å². The topological polar surface area (TPSA) is 79.5 Å². The van der Waals surface area contributed by atoms with Crippen molar-refractivity contribution in [2.24, 2.45) is 0 Å². The average molecular weight is 433 g/mol. The van der Waals surface area contributed by atoms with Crippen LogP contribution in [0.5, 0.6) is 0 Å². The summed E-state index contributed by atoms with van der Waals surface area (Å²) in [6.45, 7) is 0.156. The Hall–Kier alpha value is -2.65. The first kappa shape index (κ1) is 20.6. The van der Waals surface area contributed by atoms with Crippen molar-refractivity contribution in [3.8, 4) is 0 Å². The van der Waals surface area contributed by atoms with E-state index in [0.29, 0.717) is 31.6 Å². The van der Waals surface area contributed by atoms with E-state index in [4.69, 9.17) is 4.52 Å². The molecular weight excluding hydrogens is 412 g/mol. The largest absolute Gasteiger partial charge is 0.381 e. The lowest BCUT2D eigenvalue weighted by molar-refractivity contribution is -0.176. The number of halogens is 2. The Morgan fingerprint density at radius 1 is 1.30 bits per heavy atom. The summed E-state index contributed by atoms with van der Waals surface area (Å²) in [5.41, 5.74) is 1.15. The minimum atomic E-state index is -3.94. The minimum absolute atomic E-state index is 0.0249. The Morgan fingerprint density at radius 2 is 2.10 bits per heavy atom. The van der Waals surface area contributed by atoms with E-state index in [1.807, 2.05) is 30.3 Å². The van der Waals surface area contributed by atoms with Gasteiger partial charge in [0.05, 0.1) is 6.04 Å². The molecular formula is C21H21F2N3O3S. The van der Waals surface area contributed by atoms with Gasteiger partial charge in [0.15, 0.2) is 11.9 Å². The van der Waals surface area contributed by atoms with Crippen LogP contribution in [0.1, 0.15) is 47.8 Å². The van der Waals surface area contributed by atoms with Crippen molar-refractivity contribution in [3.05, 3.63) is 70.0 Å². The molecule has 1 N–H and O–H groups in total. The lowest BCUT2D eigenvalue weighted by Gasteiger charge is -2.29. The highest BCUT2D eigenvalue weighted by molar-refractivity contribution is 7.08. The highest BCUT2D eigenvalue weighted by Gasteiger charge is 2.52. The van der Waals surface area contributed by atoms with Crippen LogP contribution in [0.2, 0.25) is 0 Å². The third-order valence-electron chi connectivity index (χ3n) is 5.25. The van der Waals surface area contributed by atoms with Crippen molar-refractivity contribution in [2.75, 3.05) is 6.54 Å². The number of aliphatic hydroxyl groups excluding tert-OH is 1. The summed E-state index contributed by atoms with van der Waals surface area (Å²) >= 11 is 1.18. The molecule has 1 aromatic carbocycles. The van der Waals surface area contributed by atoms with Crippen molar-refractivity contribution in [2.45, 2.75) is 43.8 Å². The number of hydrogen-bond donors (Lipinski definition) is 1. The summed E-state index contributed by atoms with van der Waals surface area (Å²) in [4.78, 5) is 18.0. The molecule has 158 valence electrons. The van der Waals surface area contributed by atoms with Crippen molar-refractivity contribution < 1.29 is 23.2 Å². The van der Waals surface area contributed by atoms with E-state index in [0.717, 1.165) is 10.5 Å². The lowest BCUT2D eigenvalue weighted by atomic mass is 10.1. The molecule has 0 saturated carbocycles. The fourth-order valence-corrected chi connectivity index (χ4v) is 4.31. The van der Waals surface area contributed by atoms with Crippen LogP contribution in [0.15, 0.2) is 51.7 Å². The van der Waals surface area contributed by atoms with E-state index in [-0.39, 0.29) is 17.9 Å². The van der Waals surface area contributed by atoms with Crippen LogP contribution < -0.4 is 0 Å². The van der Waals surface area contributed by atoms with Crippen LogP contribution in [-0.4, -0.2) is 38.5 Å². The summed E-state index contributed by atoms with van der Waals surface area (Å²) in [6.07, 6.45) is 0.0538. The fraction of sp³-hybridized carbons (Fsp3) is 0.381. The molecule has 6 nitrogen and oxygen atoms in total. The zero-order valence-electron chi connectivity index (χ0n) is 16.1. The number of nitrogens with zero attached hydrogens (tertiary/aromatic N) is 3. The zero-order valence-corrected chi connectivity index (χ0v) is 16.9. The molecule has 30 heavy (non-hydrogen) atoms. The Balaban J connectivity index is 1.45. The molecule has 0 spiro atoms. The number of rotatable bonds is 7. The Kier molecular flexibility index (Phi) is 5.92. The average Bonchev–Trinajstić information content (AvgIpc) is 3.53. The minimum Gasteiger partial charge on any atom is -0.381 e. The van der Waals surface area contributed by atoms with Gasteiger partial charge in [-0.2, -0.15) is 25.1 Å². The third kappa shape index (κ3) is 4.13. The molecule has 1 amide bonds. The van der Waals surface area contributed by atoms with Gasteiger partial charge in [0.1, 0.15) is 0 Å². The molecule has 3 aromatic rings. The van der Waals surface area contributed by atoms with E-state index < -0.39 is 24.0 Å². The van der Waals surface area contributed by atoms with Gasteiger partial charge in [-0.05, 0) is 47.2 Å². The summed E-state index contributed by atoms with van der Waals surface area (Å²) in [7, 11) is 0. The number of hydrogen-bond acceptors (Lipinski definition) is 6. The number of amides is 1. The maximum atomic E-state index is 14.7. The van der Waals surface area contributed by atoms with Gasteiger partial charge in [-0.1, -0.05) is 35.5 Å². The van der Waals surface area contributed by atoms with Gasteiger partial charge in [0, 0.05) is 13.0 Å². The first-order valence-electron chi connectivity index (χ1n) is 9.72. The summed E-state index contributed by atoms with van der Waals surface area (Å²) in [5, 5.41) is 17.0. The SMILES string of the molecule is O=C(N1CCC[C@H]1c1noc(CCc2ccccc2)n1)C(F)(F)C(O)c1ccsc1. The highest BCUT2D eigenvalue weighted by atomic mass is 32.1. The number of benzene rings is 1. The van der Waals surface area contributed by atoms with Crippen LogP contribution in [0.3, 0.4) is 0 Å². The standard InChI is InChI=1S/C21H21F2N3O3S/c22-21(23,18(27)15-10-12-30-13-15)20(28)26-11-4-7-16(26)19-24-17(29-25-19)9-8-14-5-2-1-3-6-14/h1-3,5-6,10,12-13,16,18,27H,4,7-9,11H2/t16-,18?/m0/s1. The molecule has 9 heteroatoms. The van der Waals surface area contributed by atoms with Gasteiger partial charge in [-0.15, -0.1) is 0 Å². The maximum Gasteiger partial charge on any atom is 0.354 e. The van der Waals surface area contributed by atoms with Gasteiger partial charge in [0.2, 0.25) is 5.89 Å². The first-order chi connectivity index (χ1) is 14.5. The van der Waals surface area contributed by atoms with Gasteiger partial charge in [0.25, 0.3) is 5.91 Å². The smallest absolute Gasteiger partial charge is 0.354 e. The molecule has 0 radical (unpaired) electrons. The number of aromatic nitrogens is 2. The van der Waals surface area contributed by atoms with Crippen LogP contribution in [0.4, 0.5) is 8.78 Å². The monoisotopic (exact) mass is 433 g/mol. The van der Waals surface area contributed by atoms with Gasteiger partial charge in [-0.25, -0.2) is 0 Å². The molecule has 2 atom stereocenters. The molecule has 0 bridgehead atoms. The van der Waals surface area contributed by atoms with E-state index in [1.54, 1.807) is 5.38 Å². The predicted molar refractivity (Wildman–Crippen MR) is 106 cm³/mol. The quantitative estimate of drug-likeness (QED) is 0.610. The van der Waals surface area contributed by atoms with Crippen molar-refractivity contribution >= 4 is 17.2 Å². The van der Waals surface area contributed by atoms with Crippen molar-refractivity contribution in [3.63, 3.8) is 0 Å². The second kappa shape index (κ2) is 8.61. The van der Waals surface area contributed by atoms with E-state index in [1.165, 1.54) is 22.8 Å². The fourth-order valence-electron chi connectivity index (χ4n) is 3.63. The second-order valence-electron chi connectivity index (χ2n) is 7.27. The predicted octanol–water partition coefficient (Wildman–Crippen LogP) is 3.95. The molecule has 1 unspecified atom stereocenters. The molecule has 1 fully saturated rings. The van der Waals surface area contributed by atoms with Crippen molar-refractivity contribution in [1.82, 2.24) is 15.0 Å². The number of aryl methyl sites for hydroxylation is 2. The molecule has 3 heterocycles. The first-order valence-corrected chi connectivity index (χ1v) is 10.7. The zero-order chi connectivity index (χ0) is 21.1. The summed E-state index contributed by atoms with van der Waals surface area (Å²) < 4.78 is 34.7. The summed E-state index contributed by atoms with van der Waals surface area (Å²) in [6, 6.07) is 10.5. The Labute approximate surface area is 176 Å². The summed E-state index contributed by atoms with van der Waals surface area (Å²) in [5.74, 6) is -4.73. The number of aliphatic hydroxyl groups is 1. The van der Waals surface area contributed by atoms with E-state index >= 15 is 0 Å². The van der Waals surface area contributed by atoms with Crippen molar-refractivity contribution in [1.29, 1.82) is 0 Å². The highest BCUT2D eigenvalue weighted by Crippen LogP contribution is 2.39. The van der Waals surface area contributed by atoms with Gasteiger partial charge < -0.3 is 14.5 Å². The Morgan fingerprint density at radius 3 is 2.83 bits per heavy atom. The number of carbonyl (C=O) groups excluding carboxylic acids is 1. The number of carbonyl (C=O) groups is 1. The third-order valence-corrected chi connectivity index (χ3v) is 5.95.